The Morgan fingerprint density at radius 3 is 2.43 bits per heavy atom. The first-order chi connectivity index (χ1) is 6.43. The summed E-state index contributed by atoms with van der Waals surface area (Å²) >= 11 is 0. The van der Waals surface area contributed by atoms with Crippen molar-refractivity contribution in [3.05, 3.63) is 39.9 Å². The number of benzene rings is 1. The Labute approximate surface area is 81.4 Å². The average molecular weight is 215 g/mol. The van der Waals surface area contributed by atoms with Crippen LogP contribution in [0.25, 0.3) is 0 Å². The van der Waals surface area contributed by atoms with E-state index in [-0.39, 0.29) is 4.90 Å². The molecule has 0 atom stereocenters. The summed E-state index contributed by atoms with van der Waals surface area (Å²) < 4.78 is 22.8. The highest BCUT2D eigenvalue weighted by Crippen LogP contribution is 2.15. The van der Waals surface area contributed by atoms with Crippen LogP contribution in [0.15, 0.2) is 29.2 Å². The van der Waals surface area contributed by atoms with Gasteiger partial charge in [-0.05, 0) is 18.6 Å². The third-order valence-electron chi connectivity index (χ3n) is 1.70. The number of rotatable bonds is 3. The van der Waals surface area contributed by atoms with Crippen molar-refractivity contribution in [3.63, 3.8) is 0 Å². The van der Waals surface area contributed by atoms with E-state index in [0.29, 0.717) is 5.56 Å². The SMILES string of the molecule is Cc1ccccc1S(=O)(=O)C[N+](=O)[O-]. The molecule has 5 nitrogen and oxygen atoms in total. The molecule has 0 aliphatic rings. The van der Waals surface area contributed by atoms with Crippen molar-refractivity contribution < 1.29 is 13.3 Å². The van der Waals surface area contributed by atoms with Gasteiger partial charge in [-0.1, -0.05) is 18.2 Å². The first-order valence-electron chi connectivity index (χ1n) is 3.83. The van der Waals surface area contributed by atoms with Gasteiger partial charge in [0.05, 0.1) is 4.90 Å². The van der Waals surface area contributed by atoms with Gasteiger partial charge in [0.25, 0.3) is 0 Å². The van der Waals surface area contributed by atoms with E-state index < -0.39 is 20.6 Å². The number of nitro groups is 1. The van der Waals surface area contributed by atoms with Crippen LogP contribution in [0.4, 0.5) is 0 Å². The minimum absolute atomic E-state index is 0.0247. The summed E-state index contributed by atoms with van der Waals surface area (Å²) in [6.07, 6.45) is 0. The van der Waals surface area contributed by atoms with Crippen molar-refractivity contribution in [1.29, 1.82) is 0 Å². The highest BCUT2D eigenvalue weighted by Gasteiger charge is 2.22. The van der Waals surface area contributed by atoms with Gasteiger partial charge in [-0.2, -0.15) is 0 Å². The summed E-state index contributed by atoms with van der Waals surface area (Å²) in [5, 5.41) is 10.1. The number of sulfone groups is 1. The van der Waals surface area contributed by atoms with E-state index in [1.54, 1.807) is 25.1 Å². The first kappa shape index (κ1) is 10.6. The van der Waals surface area contributed by atoms with Gasteiger partial charge in [0, 0.05) is 4.92 Å². The highest BCUT2D eigenvalue weighted by atomic mass is 32.2. The molecule has 6 heteroatoms. The maximum Gasteiger partial charge on any atom is 0.305 e. The van der Waals surface area contributed by atoms with E-state index in [2.05, 4.69) is 0 Å². The molecule has 1 aromatic rings. The van der Waals surface area contributed by atoms with Crippen LogP contribution < -0.4 is 0 Å². The van der Waals surface area contributed by atoms with Gasteiger partial charge in [-0.25, -0.2) is 8.42 Å². The monoisotopic (exact) mass is 215 g/mol. The zero-order valence-corrected chi connectivity index (χ0v) is 8.32. The third-order valence-corrected chi connectivity index (χ3v) is 3.38. The average Bonchev–Trinajstić information content (AvgIpc) is 2.02. The van der Waals surface area contributed by atoms with Crippen LogP contribution in [0.1, 0.15) is 5.56 Å². The van der Waals surface area contributed by atoms with Crippen molar-refractivity contribution >= 4 is 9.84 Å². The minimum atomic E-state index is -3.79. The fourth-order valence-electron chi connectivity index (χ4n) is 1.11. The molecular formula is C8H9NO4S. The maximum atomic E-state index is 11.4. The largest absolute Gasteiger partial charge is 0.305 e. The normalized spacial score (nSPS) is 11.2. The predicted molar refractivity (Wildman–Crippen MR) is 50.2 cm³/mol. The molecule has 0 spiro atoms. The summed E-state index contributed by atoms with van der Waals surface area (Å²) in [6.45, 7) is 1.60. The van der Waals surface area contributed by atoms with Gasteiger partial charge >= 0.3 is 5.88 Å². The molecule has 0 saturated carbocycles. The number of hydrogen-bond acceptors (Lipinski definition) is 4. The Morgan fingerprint density at radius 2 is 1.93 bits per heavy atom. The Kier molecular flexibility index (Phi) is 2.85. The molecule has 0 bridgehead atoms. The number of hydrogen-bond donors (Lipinski definition) is 0. The van der Waals surface area contributed by atoms with Crippen molar-refractivity contribution in [2.24, 2.45) is 0 Å². The molecule has 14 heavy (non-hydrogen) atoms. The second-order valence-corrected chi connectivity index (χ2v) is 4.77. The predicted octanol–water partition coefficient (Wildman–Crippen LogP) is 1.00. The fraction of sp³-hybridized carbons (Fsp3) is 0.250. The first-order valence-corrected chi connectivity index (χ1v) is 5.49. The van der Waals surface area contributed by atoms with Gasteiger partial charge in [0.2, 0.25) is 9.84 Å². The van der Waals surface area contributed by atoms with E-state index in [0.717, 1.165) is 0 Å². The summed E-state index contributed by atoms with van der Waals surface area (Å²) in [6, 6.07) is 6.20. The van der Waals surface area contributed by atoms with Gasteiger partial charge < -0.3 is 0 Å². The second-order valence-electron chi connectivity index (χ2n) is 2.84. The molecule has 0 N–H and O–H groups in total. The van der Waals surface area contributed by atoms with Gasteiger partial charge in [0.15, 0.2) is 0 Å². The van der Waals surface area contributed by atoms with E-state index in [1.165, 1.54) is 6.07 Å². The lowest BCUT2D eigenvalue weighted by molar-refractivity contribution is -0.458. The Balaban J connectivity index is 3.17. The van der Waals surface area contributed by atoms with Crippen molar-refractivity contribution in [3.8, 4) is 0 Å². The summed E-state index contributed by atoms with van der Waals surface area (Å²) in [5.41, 5.74) is 0.523. The molecule has 1 rings (SSSR count). The topological polar surface area (TPSA) is 77.3 Å². The fourth-order valence-corrected chi connectivity index (χ4v) is 2.37. The van der Waals surface area contributed by atoms with Crippen LogP contribution in [0.3, 0.4) is 0 Å². The summed E-state index contributed by atoms with van der Waals surface area (Å²) in [4.78, 5) is 9.31. The van der Waals surface area contributed by atoms with E-state index >= 15 is 0 Å². The minimum Gasteiger partial charge on any atom is -0.263 e. The molecule has 0 aliphatic carbocycles. The molecule has 1 aromatic carbocycles. The summed E-state index contributed by atoms with van der Waals surface area (Å²) in [7, 11) is -3.79. The maximum absolute atomic E-state index is 11.4. The molecule has 0 amide bonds. The number of nitrogens with zero attached hydrogens (tertiary/aromatic N) is 1. The molecule has 0 saturated heterocycles. The lowest BCUT2D eigenvalue weighted by Crippen LogP contribution is -2.15. The van der Waals surface area contributed by atoms with E-state index in [1.807, 2.05) is 0 Å². The molecule has 0 radical (unpaired) electrons. The molecule has 76 valence electrons. The van der Waals surface area contributed by atoms with Crippen LogP contribution in [0, 0.1) is 17.0 Å². The summed E-state index contributed by atoms with van der Waals surface area (Å²) in [5.74, 6) is -1.06. The van der Waals surface area contributed by atoms with Gasteiger partial charge in [-0.15, -0.1) is 0 Å². The van der Waals surface area contributed by atoms with Crippen LogP contribution in [-0.2, 0) is 9.84 Å². The molecule has 0 aliphatic heterocycles. The van der Waals surface area contributed by atoms with Crippen LogP contribution in [-0.4, -0.2) is 19.2 Å². The Morgan fingerprint density at radius 1 is 1.36 bits per heavy atom. The molecule has 0 heterocycles. The molecule has 0 unspecified atom stereocenters. The standard InChI is InChI=1S/C8H9NO4S/c1-7-4-2-3-5-8(7)14(12,13)6-9(10)11/h2-5H,6H2,1H3. The zero-order valence-electron chi connectivity index (χ0n) is 7.50. The molecule has 0 fully saturated rings. The van der Waals surface area contributed by atoms with E-state index in [4.69, 9.17) is 0 Å². The quantitative estimate of drug-likeness (QED) is 0.556. The van der Waals surface area contributed by atoms with Crippen molar-refractivity contribution in [1.82, 2.24) is 0 Å². The van der Waals surface area contributed by atoms with Crippen molar-refractivity contribution in [2.45, 2.75) is 11.8 Å². The Hall–Kier alpha value is -1.43. The van der Waals surface area contributed by atoms with E-state index in [9.17, 15) is 18.5 Å². The second kappa shape index (κ2) is 3.75. The molecule has 0 aromatic heterocycles. The smallest absolute Gasteiger partial charge is 0.263 e. The molecular weight excluding hydrogens is 206 g/mol. The van der Waals surface area contributed by atoms with Crippen LogP contribution in [0.2, 0.25) is 0 Å². The van der Waals surface area contributed by atoms with Crippen molar-refractivity contribution in [2.75, 3.05) is 5.88 Å². The lowest BCUT2D eigenvalue weighted by Gasteiger charge is -2.02. The van der Waals surface area contributed by atoms with Crippen LogP contribution in [0.5, 0.6) is 0 Å². The zero-order chi connectivity index (χ0) is 10.8. The third kappa shape index (κ3) is 2.29. The van der Waals surface area contributed by atoms with Crippen LogP contribution >= 0.6 is 0 Å². The lowest BCUT2D eigenvalue weighted by atomic mass is 10.2. The Bertz CT molecular complexity index is 452. The number of aryl methyl sites for hydroxylation is 1. The highest BCUT2D eigenvalue weighted by molar-refractivity contribution is 7.91. The van der Waals surface area contributed by atoms with Gasteiger partial charge in [-0.3, -0.25) is 10.1 Å². The van der Waals surface area contributed by atoms with Gasteiger partial charge in [0.1, 0.15) is 0 Å².